The zero-order valence-electron chi connectivity index (χ0n) is 22.5. The van der Waals surface area contributed by atoms with Crippen molar-refractivity contribution >= 4 is 33.5 Å². The molecule has 0 spiro atoms. The van der Waals surface area contributed by atoms with Gasteiger partial charge in [0.2, 0.25) is 0 Å². The van der Waals surface area contributed by atoms with E-state index in [1.54, 1.807) is 6.07 Å². The summed E-state index contributed by atoms with van der Waals surface area (Å²) in [5, 5.41) is 9.84. The van der Waals surface area contributed by atoms with Gasteiger partial charge in [0.25, 0.3) is 11.8 Å². The second kappa shape index (κ2) is 11.1. The Morgan fingerprint density at radius 2 is 2.03 bits per heavy atom. The highest BCUT2D eigenvalue weighted by molar-refractivity contribution is 7.19. The average molecular weight is 535 g/mol. The minimum atomic E-state index is -0.325. The van der Waals surface area contributed by atoms with Gasteiger partial charge in [-0.3, -0.25) is 9.59 Å². The van der Waals surface area contributed by atoms with Crippen molar-refractivity contribution in [3.8, 4) is 0 Å². The Balaban J connectivity index is 1.32. The monoisotopic (exact) mass is 534 g/mol. The van der Waals surface area contributed by atoms with Crippen LogP contribution in [0.3, 0.4) is 0 Å². The van der Waals surface area contributed by atoms with E-state index in [9.17, 15) is 9.59 Å². The first-order valence-electron chi connectivity index (χ1n) is 13.6. The van der Waals surface area contributed by atoms with E-state index in [1.165, 1.54) is 16.9 Å². The summed E-state index contributed by atoms with van der Waals surface area (Å²) in [6.07, 6.45) is 4.58. The number of pyridine rings is 1. The maximum absolute atomic E-state index is 13.3. The fourth-order valence-electron chi connectivity index (χ4n) is 5.50. The van der Waals surface area contributed by atoms with E-state index < -0.39 is 0 Å². The predicted molar refractivity (Wildman–Crippen MR) is 151 cm³/mol. The summed E-state index contributed by atoms with van der Waals surface area (Å²) < 4.78 is 0. The Labute approximate surface area is 228 Å². The first kappa shape index (κ1) is 26.7. The van der Waals surface area contributed by atoms with Crippen LogP contribution < -0.4 is 21.7 Å². The van der Waals surface area contributed by atoms with Crippen molar-refractivity contribution in [2.75, 3.05) is 19.6 Å². The molecule has 0 unspecified atom stereocenters. The topological polar surface area (TPSA) is 122 Å². The molecule has 1 aliphatic heterocycles. The molecular weight excluding hydrogens is 496 g/mol. The minimum Gasteiger partial charge on any atom is -0.348 e. The maximum atomic E-state index is 13.3. The summed E-state index contributed by atoms with van der Waals surface area (Å²) in [5.41, 5.74) is 10.8. The smallest absolute Gasteiger partial charge is 0.280 e. The van der Waals surface area contributed by atoms with Crippen LogP contribution >= 0.6 is 11.3 Å². The number of aryl methyl sites for hydroxylation is 1. The van der Waals surface area contributed by atoms with Crippen LogP contribution in [0, 0.1) is 11.3 Å². The summed E-state index contributed by atoms with van der Waals surface area (Å²) in [4.78, 5) is 36.5. The first-order chi connectivity index (χ1) is 18.2. The molecule has 0 saturated carbocycles. The standard InChI is InChI=1S/C29H38N6O2S/c1-29(2,3)20-7-8-22-19(14-20)15-24-27(34-22)38-28(35-24)26(37)33-23(9-11-30)17-5-4-6-18(13-17)25(36)32-21-10-12-31-16-21/h4-6,13,15,20-21,23,31H,7-12,14,16,30H2,1-3H3,(H,32,36)(H,33,37)/t20-,21-,23+/m0/s1. The zero-order chi connectivity index (χ0) is 26.9. The third kappa shape index (κ3) is 5.90. The lowest BCUT2D eigenvalue weighted by atomic mass is 9.71. The van der Waals surface area contributed by atoms with Gasteiger partial charge in [0.15, 0.2) is 5.01 Å². The van der Waals surface area contributed by atoms with E-state index >= 15 is 0 Å². The Morgan fingerprint density at radius 3 is 2.76 bits per heavy atom. The molecule has 5 rings (SSSR count). The van der Waals surface area contributed by atoms with Crippen LogP contribution in [0.25, 0.3) is 10.3 Å². The summed E-state index contributed by atoms with van der Waals surface area (Å²) in [6, 6.07) is 9.36. The number of nitrogens with two attached hydrogens (primary N) is 1. The van der Waals surface area contributed by atoms with E-state index in [1.807, 2.05) is 18.2 Å². The molecule has 0 radical (unpaired) electrons. The highest BCUT2D eigenvalue weighted by Gasteiger charge is 2.30. The molecule has 2 aliphatic rings. The van der Waals surface area contributed by atoms with Gasteiger partial charge >= 0.3 is 0 Å². The molecule has 1 aliphatic carbocycles. The second-order valence-corrected chi connectivity index (χ2v) is 12.6. The molecular formula is C29H38N6O2S. The van der Waals surface area contributed by atoms with E-state index in [2.05, 4.69) is 47.8 Å². The number of fused-ring (bicyclic) bond motifs is 2. The van der Waals surface area contributed by atoms with Crippen LogP contribution in [0.5, 0.6) is 0 Å². The van der Waals surface area contributed by atoms with Gasteiger partial charge in [-0.1, -0.05) is 44.2 Å². The van der Waals surface area contributed by atoms with Crippen LogP contribution in [0.4, 0.5) is 0 Å². The molecule has 3 aromatic rings. The maximum Gasteiger partial charge on any atom is 0.280 e. The van der Waals surface area contributed by atoms with Crippen molar-refractivity contribution in [2.24, 2.45) is 17.1 Å². The lowest BCUT2D eigenvalue weighted by Gasteiger charge is -2.34. The van der Waals surface area contributed by atoms with Crippen molar-refractivity contribution in [2.45, 2.75) is 65.0 Å². The average Bonchev–Trinajstić information content (AvgIpc) is 3.55. The number of thiazole rings is 1. The Hall–Kier alpha value is -2.88. The molecule has 202 valence electrons. The minimum absolute atomic E-state index is 0.103. The number of benzene rings is 1. The van der Waals surface area contributed by atoms with Gasteiger partial charge < -0.3 is 21.7 Å². The van der Waals surface area contributed by atoms with E-state index in [-0.39, 0.29) is 29.3 Å². The molecule has 2 amide bonds. The van der Waals surface area contributed by atoms with Gasteiger partial charge in [0, 0.05) is 23.8 Å². The van der Waals surface area contributed by atoms with Crippen molar-refractivity contribution in [1.82, 2.24) is 25.9 Å². The van der Waals surface area contributed by atoms with Gasteiger partial charge in [0.1, 0.15) is 10.3 Å². The van der Waals surface area contributed by atoms with E-state index in [4.69, 9.17) is 10.7 Å². The fraction of sp³-hybridized carbons (Fsp3) is 0.517. The number of nitrogens with one attached hydrogen (secondary N) is 3. The molecule has 5 N–H and O–H groups in total. The number of nitrogens with zero attached hydrogens (tertiary/aromatic N) is 2. The molecule has 1 aromatic carbocycles. The third-order valence-corrected chi connectivity index (χ3v) is 8.84. The van der Waals surface area contributed by atoms with E-state index in [0.29, 0.717) is 29.5 Å². The number of hydrogen-bond acceptors (Lipinski definition) is 7. The van der Waals surface area contributed by atoms with Crippen LogP contribution in [-0.4, -0.2) is 47.5 Å². The largest absolute Gasteiger partial charge is 0.348 e. The van der Waals surface area contributed by atoms with Crippen LogP contribution in [0.1, 0.15) is 83.1 Å². The molecule has 0 bridgehead atoms. The SMILES string of the molecule is CC(C)(C)[C@H]1CCc2nc3sc(C(=O)N[C@H](CCN)c4cccc(C(=O)N[C@H]5CCNC5)c4)nc3cc2C1. The molecule has 3 atom stereocenters. The Bertz CT molecular complexity index is 1320. The third-order valence-electron chi connectivity index (χ3n) is 7.87. The number of carbonyl (C=O) groups excluding carboxylic acids is 2. The Morgan fingerprint density at radius 1 is 1.18 bits per heavy atom. The summed E-state index contributed by atoms with van der Waals surface area (Å²) in [6.45, 7) is 9.00. The summed E-state index contributed by atoms with van der Waals surface area (Å²) >= 11 is 1.33. The van der Waals surface area contributed by atoms with Crippen molar-refractivity contribution in [1.29, 1.82) is 0 Å². The lowest BCUT2D eigenvalue weighted by Crippen LogP contribution is -2.36. The second-order valence-electron chi connectivity index (χ2n) is 11.6. The number of carbonyl (C=O) groups is 2. The highest BCUT2D eigenvalue weighted by Crippen LogP contribution is 2.38. The number of hydrogen-bond donors (Lipinski definition) is 4. The van der Waals surface area contributed by atoms with Crippen molar-refractivity contribution in [3.05, 3.63) is 57.7 Å². The van der Waals surface area contributed by atoms with Gasteiger partial charge in [-0.25, -0.2) is 9.97 Å². The lowest BCUT2D eigenvalue weighted by molar-refractivity contribution is 0.0931. The molecule has 9 heteroatoms. The molecule has 38 heavy (non-hydrogen) atoms. The Kier molecular flexibility index (Phi) is 7.79. The quantitative estimate of drug-likeness (QED) is 0.366. The molecule has 3 heterocycles. The van der Waals surface area contributed by atoms with Gasteiger partial charge in [-0.2, -0.15) is 0 Å². The van der Waals surface area contributed by atoms with Gasteiger partial charge in [-0.05, 0) is 85.9 Å². The summed E-state index contributed by atoms with van der Waals surface area (Å²) in [5.74, 6) is 0.262. The number of rotatable bonds is 7. The summed E-state index contributed by atoms with van der Waals surface area (Å²) in [7, 11) is 0. The number of amides is 2. The van der Waals surface area contributed by atoms with Crippen LogP contribution in [0.2, 0.25) is 0 Å². The van der Waals surface area contributed by atoms with Crippen LogP contribution in [-0.2, 0) is 12.8 Å². The van der Waals surface area contributed by atoms with Gasteiger partial charge in [-0.15, -0.1) is 0 Å². The van der Waals surface area contributed by atoms with Gasteiger partial charge in [0.05, 0.1) is 6.04 Å². The highest BCUT2D eigenvalue weighted by atomic mass is 32.1. The molecule has 2 aromatic heterocycles. The molecule has 8 nitrogen and oxygen atoms in total. The van der Waals surface area contributed by atoms with E-state index in [0.717, 1.165) is 60.4 Å². The predicted octanol–water partition coefficient (Wildman–Crippen LogP) is 3.75. The molecule has 1 fully saturated rings. The molecule has 1 saturated heterocycles. The fourth-order valence-corrected chi connectivity index (χ4v) is 6.34. The van der Waals surface area contributed by atoms with Crippen LogP contribution in [0.15, 0.2) is 30.3 Å². The first-order valence-corrected chi connectivity index (χ1v) is 14.4. The number of aromatic nitrogens is 2. The van der Waals surface area contributed by atoms with Crippen molar-refractivity contribution < 1.29 is 9.59 Å². The normalized spacial score (nSPS) is 20.2. The van der Waals surface area contributed by atoms with Crippen molar-refractivity contribution in [3.63, 3.8) is 0 Å². The zero-order valence-corrected chi connectivity index (χ0v) is 23.3.